The average Bonchev–Trinajstić information content (AvgIpc) is 3.51. The molecule has 2 heterocycles. The molecular formula is C19H24ClN5O3S. The third kappa shape index (κ3) is 4.91. The van der Waals surface area contributed by atoms with Crippen LogP contribution in [0.25, 0.3) is 21.2 Å². The van der Waals surface area contributed by atoms with Crippen LogP contribution in [-0.4, -0.2) is 35.5 Å². The van der Waals surface area contributed by atoms with E-state index in [1.165, 1.54) is 0 Å². The van der Waals surface area contributed by atoms with Gasteiger partial charge in [-0.05, 0) is 55.2 Å². The second-order valence-electron chi connectivity index (χ2n) is 7.48. The molecule has 1 unspecified atom stereocenters. The molecule has 156 valence electrons. The summed E-state index contributed by atoms with van der Waals surface area (Å²) in [7, 11) is -3.14. The quantitative estimate of drug-likeness (QED) is 0.236. The summed E-state index contributed by atoms with van der Waals surface area (Å²) in [5.74, 6) is 0.756. The topological polar surface area (TPSA) is 118 Å². The molecule has 0 N–H and O–H groups in total. The second kappa shape index (κ2) is 8.73. The first kappa shape index (κ1) is 21.6. The average molecular weight is 438 g/mol. The molecule has 29 heavy (non-hydrogen) atoms. The standard InChI is InChI=1S/C19H24ClN5O3S/c1-4-29(26,27)12(3)7-11(2)28-19-16-10-22-17(20)8-14(16)15(9-23-19)18(24-25-21)13-5-6-13/h8-13,18H,4-7H2,1-3H3/t11-,12-,18?/m1/s1. The van der Waals surface area contributed by atoms with Gasteiger partial charge in [-0.15, -0.1) is 0 Å². The number of aromatic nitrogens is 2. The molecule has 10 heteroatoms. The summed E-state index contributed by atoms with van der Waals surface area (Å²) in [6, 6.07) is 1.41. The van der Waals surface area contributed by atoms with Crippen molar-refractivity contribution in [2.45, 2.75) is 57.4 Å². The lowest BCUT2D eigenvalue weighted by Gasteiger charge is -2.20. The molecule has 0 amide bonds. The Bertz CT molecular complexity index is 1050. The minimum absolute atomic E-state index is 0.0984. The molecule has 8 nitrogen and oxygen atoms in total. The lowest BCUT2D eigenvalue weighted by Crippen LogP contribution is -2.26. The van der Waals surface area contributed by atoms with Crippen LogP contribution in [-0.2, 0) is 9.84 Å². The number of ether oxygens (including phenoxy) is 1. The van der Waals surface area contributed by atoms with Crippen molar-refractivity contribution in [1.82, 2.24) is 9.97 Å². The molecule has 2 aromatic rings. The number of fused-ring (bicyclic) bond motifs is 1. The van der Waals surface area contributed by atoms with E-state index >= 15 is 0 Å². The lowest BCUT2D eigenvalue weighted by atomic mass is 10.00. The van der Waals surface area contributed by atoms with Gasteiger partial charge < -0.3 is 4.74 Å². The van der Waals surface area contributed by atoms with Crippen molar-refractivity contribution in [3.05, 3.63) is 39.6 Å². The number of azide groups is 1. The van der Waals surface area contributed by atoms with E-state index in [0.717, 1.165) is 23.8 Å². The molecular weight excluding hydrogens is 414 g/mol. The second-order valence-corrected chi connectivity index (χ2v) is 10.6. The van der Waals surface area contributed by atoms with E-state index in [9.17, 15) is 8.42 Å². The molecule has 1 aliphatic rings. The van der Waals surface area contributed by atoms with Crippen molar-refractivity contribution in [3.63, 3.8) is 0 Å². The fourth-order valence-electron chi connectivity index (χ4n) is 3.45. The van der Waals surface area contributed by atoms with Crippen molar-refractivity contribution < 1.29 is 13.2 Å². The van der Waals surface area contributed by atoms with E-state index in [-0.39, 0.29) is 17.9 Å². The zero-order valence-electron chi connectivity index (χ0n) is 16.6. The largest absolute Gasteiger partial charge is 0.474 e. The Balaban J connectivity index is 1.94. The van der Waals surface area contributed by atoms with Crippen molar-refractivity contribution in [3.8, 4) is 5.88 Å². The summed E-state index contributed by atoms with van der Waals surface area (Å²) >= 11 is 6.12. The van der Waals surface area contributed by atoms with Crippen LogP contribution in [0.2, 0.25) is 5.15 Å². The summed E-state index contributed by atoms with van der Waals surface area (Å²) < 4.78 is 30.1. The maximum atomic E-state index is 12.1. The first-order chi connectivity index (χ1) is 13.8. The maximum Gasteiger partial charge on any atom is 0.223 e. The monoisotopic (exact) mass is 437 g/mol. The van der Waals surface area contributed by atoms with Crippen LogP contribution < -0.4 is 4.74 Å². The van der Waals surface area contributed by atoms with Gasteiger partial charge in [0.1, 0.15) is 5.15 Å². The van der Waals surface area contributed by atoms with Gasteiger partial charge >= 0.3 is 0 Å². The van der Waals surface area contributed by atoms with Gasteiger partial charge in [-0.3, -0.25) is 0 Å². The van der Waals surface area contributed by atoms with Crippen molar-refractivity contribution in [2.24, 2.45) is 11.0 Å². The summed E-state index contributed by atoms with van der Waals surface area (Å²) in [4.78, 5) is 11.6. The highest BCUT2D eigenvalue weighted by Crippen LogP contribution is 2.46. The fraction of sp³-hybridized carbons (Fsp3) is 0.579. The predicted octanol–water partition coefficient (Wildman–Crippen LogP) is 5.03. The number of hydrogen-bond donors (Lipinski definition) is 0. The Labute approximate surface area is 175 Å². The number of nitrogens with zero attached hydrogens (tertiary/aromatic N) is 5. The van der Waals surface area contributed by atoms with Gasteiger partial charge in [-0.1, -0.05) is 23.6 Å². The molecule has 0 radical (unpaired) electrons. The molecule has 1 fully saturated rings. The predicted molar refractivity (Wildman–Crippen MR) is 113 cm³/mol. The molecule has 3 atom stereocenters. The van der Waals surface area contributed by atoms with E-state index in [1.807, 2.05) is 6.92 Å². The van der Waals surface area contributed by atoms with E-state index in [4.69, 9.17) is 21.9 Å². The van der Waals surface area contributed by atoms with Gasteiger partial charge in [-0.25, -0.2) is 18.4 Å². The van der Waals surface area contributed by atoms with Crippen LogP contribution in [0.5, 0.6) is 5.88 Å². The minimum Gasteiger partial charge on any atom is -0.474 e. The smallest absolute Gasteiger partial charge is 0.223 e. The first-order valence-corrected chi connectivity index (χ1v) is 11.7. The van der Waals surface area contributed by atoms with Gasteiger partial charge in [0.15, 0.2) is 9.84 Å². The molecule has 0 spiro atoms. The molecule has 0 saturated heterocycles. The van der Waals surface area contributed by atoms with Crippen LogP contribution in [0.15, 0.2) is 23.6 Å². The Morgan fingerprint density at radius 2 is 2.03 bits per heavy atom. The van der Waals surface area contributed by atoms with Crippen molar-refractivity contribution >= 4 is 32.2 Å². The van der Waals surface area contributed by atoms with E-state index in [0.29, 0.717) is 28.8 Å². The van der Waals surface area contributed by atoms with Crippen LogP contribution in [0.1, 0.15) is 51.6 Å². The Morgan fingerprint density at radius 3 is 2.66 bits per heavy atom. The highest BCUT2D eigenvalue weighted by molar-refractivity contribution is 7.91. The highest BCUT2D eigenvalue weighted by atomic mass is 35.5. The number of sulfone groups is 1. The van der Waals surface area contributed by atoms with Crippen LogP contribution in [0.3, 0.4) is 0 Å². The summed E-state index contributed by atoms with van der Waals surface area (Å²) in [5.41, 5.74) is 9.77. The van der Waals surface area contributed by atoms with Gasteiger partial charge in [0, 0.05) is 29.5 Å². The molecule has 2 aromatic heterocycles. The molecule has 0 bridgehead atoms. The molecule has 0 aliphatic heterocycles. The van der Waals surface area contributed by atoms with Crippen LogP contribution in [0, 0.1) is 5.92 Å². The first-order valence-electron chi connectivity index (χ1n) is 9.63. The molecule has 1 aliphatic carbocycles. The lowest BCUT2D eigenvalue weighted by molar-refractivity contribution is 0.205. The highest BCUT2D eigenvalue weighted by Gasteiger charge is 2.33. The summed E-state index contributed by atoms with van der Waals surface area (Å²) in [6.45, 7) is 5.15. The van der Waals surface area contributed by atoms with Crippen LogP contribution >= 0.6 is 11.6 Å². The normalized spacial score (nSPS) is 17.4. The minimum atomic E-state index is -3.14. The van der Waals surface area contributed by atoms with Crippen LogP contribution in [0.4, 0.5) is 0 Å². The number of hydrogen-bond acceptors (Lipinski definition) is 6. The third-order valence-electron chi connectivity index (χ3n) is 5.29. The van der Waals surface area contributed by atoms with E-state index in [1.54, 1.807) is 32.3 Å². The maximum absolute atomic E-state index is 12.1. The van der Waals surface area contributed by atoms with Gasteiger partial charge in [-0.2, -0.15) is 0 Å². The third-order valence-corrected chi connectivity index (χ3v) is 7.72. The zero-order valence-corrected chi connectivity index (χ0v) is 18.2. The molecule has 3 rings (SSSR count). The van der Waals surface area contributed by atoms with Crippen molar-refractivity contribution in [1.29, 1.82) is 0 Å². The Kier molecular flexibility index (Phi) is 6.51. The molecule has 0 aromatic carbocycles. The number of rotatable bonds is 9. The number of pyridine rings is 2. The Morgan fingerprint density at radius 1 is 1.31 bits per heavy atom. The van der Waals surface area contributed by atoms with E-state index < -0.39 is 15.1 Å². The van der Waals surface area contributed by atoms with Gasteiger partial charge in [0.2, 0.25) is 5.88 Å². The summed E-state index contributed by atoms with van der Waals surface area (Å²) in [6.07, 6.45) is 5.24. The van der Waals surface area contributed by atoms with Crippen molar-refractivity contribution in [2.75, 3.05) is 5.75 Å². The molecule has 1 saturated carbocycles. The Hall–Kier alpha value is -2.09. The van der Waals surface area contributed by atoms with Gasteiger partial charge in [0.25, 0.3) is 0 Å². The number of halogens is 1. The summed E-state index contributed by atoms with van der Waals surface area (Å²) in [5, 5.41) is 5.22. The van der Waals surface area contributed by atoms with Gasteiger partial charge in [0.05, 0.1) is 22.8 Å². The SMILES string of the molecule is CCS(=O)(=O)[C@H](C)C[C@@H](C)Oc1ncc(C(N=[N+]=[N-])C2CC2)c2cc(Cl)ncc12. The zero-order chi connectivity index (χ0) is 21.2. The van der Waals surface area contributed by atoms with E-state index in [2.05, 4.69) is 20.0 Å². The fourth-order valence-corrected chi connectivity index (χ4v) is 4.74.